The van der Waals surface area contributed by atoms with Gasteiger partial charge < -0.3 is 16.0 Å². The number of carbonyl (C=O) groups is 1. The molecule has 1 heterocycles. The number of aromatic nitrogens is 1. The molecule has 0 spiro atoms. The predicted octanol–water partition coefficient (Wildman–Crippen LogP) is 0.111. The average Bonchev–Trinajstić information content (AvgIpc) is 2.26. The highest BCUT2D eigenvalue weighted by Gasteiger charge is 2.06. The van der Waals surface area contributed by atoms with Gasteiger partial charge in [-0.2, -0.15) is 0 Å². The molecule has 3 N–H and O–H groups in total. The molecule has 1 rings (SSSR count). The van der Waals surface area contributed by atoms with Crippen LogP contribution in [0.2, 0.25) is 0 Å². The Morgan fingerprint density at radius 1 is 1.56 bits per heavy atom. The molecule has 0 aromatic carbocycles. The average molecular weight is 222 g/mol. The minimum atomic E-state index is -0.478. The molecular weight excluding hydrogens is 204 g/mol. The second-order valence-corrected chi connectivity index (χ2v) is 3.93. The number of carbonyl (C=O) groups excluding carboxylic acids is 1. The number of pyridine rings is 1. The lowest BCUT2D eigenvalue weighted by atomic mass is 10.2. The van der Waals surface area contributed by atoms with Crippen molar-refractivity contribution in [2.24, 2.45) is 5.73 Å². The molecule has 0 bridgehead atoms. The lowest BCUT2D eigenvalue weighted by Gasteiger charge is -2.12. The molecule has 0 fully saturated rings. The van der Waals surface area contributed by atoms with Gasteiger partial charge in [-0.05, 0) is 18.6 Å². The summed E-state index contributed by atoms with van der Waals surface area (Å²) < 4.78 is 0. The first-order valence-electron chi connectivity index (χ1n) is 5.16. The van der Waals surface area contributed by atoms with Crippen molar-refractivity contribution in [1.29, 1.82) is 0 Å². The molecule has 1 atom stereocenters. The molecule has 1 unspecified atom stereocenters. The Bertz CT molecular complexity index is 346. The van der Waals surface area contributed by atoms with Gasteiger partial charge in [-0.1, -0.05) is 6.07 Å². The zero-order chi connectivity index (χ0) is 12.1. The molecule has 5 nitrogen and oxygen atoms in total. The highest BCUT2D eigenvalue weighted by Crippen LogP contribution is 2.07. The van der Waals surface area contributed by atoms with Crippen LogP contribution >= 0.6 is 0 Å². The molecule has 0 aliphatic rings. The van der Waals surface area contributed by atoms with E-state index in [1.165, 1.54) is 0 Å². The summed E-state index contributed by atoms with van der Waals surface area (Å²) in [7, 11) is 3.86. The van der Waals surface area contributed by atoms with Crippen LogP contribution in [0, 0.1) is 0 Å². The smallest absolute Gasteiger partial charge is 0.236 e. The van der Waals surface area contributed by atoms with Crippen LogP contribution in [0.1, 0.15) is 12.5 Å². The molecule has 0 aliphatic heterocycles. The SMILES string of the molecule is CC(N)C(=O)NCc1ccc(N(C)C)nc1. The summed E-state index contributed by atoms with van der Waals surface area (Å²) in [6, 6.07) is 3.37. The van der Waals surface area contributed by atoms with E-state index in [9.17, 15) is 4.79 Å². The van der Waals surface area contributed by atoms with E-state index in [1.807, 2.05) is 31.1 Å². The molecule has 1 aromatic heterocycles. The number of nitrogens with zero attached hydrogens (tertiary/aromatic N) is 2. The fraction of sp³-hybridized carbons (Fsp3) is 0.455. The van der Waals surface area contributed by atoms with Gasteiger partial charge in [0.25, 0.3) is 0 Å². The van der Waals surface area contributed by atoms with Gasteiger partial charge in [0.2, 0.25) is 5.91 Å². The number of hydrogen-bond acceptors (Lipinski definition) is 4. The number of nitrogens with one attached hydrogen (secondary N) is 1. The van der Waals surface area contributed by atoms with Crippen molar-refractivity contribution in [3.05, 3.63) is 23.9 Å². The van der Waals surface area contributed by atoms with Gasteiger partial charge in [0, 0.05) is 26.8 Å². The maximum Gasteiger partial charge on any atom is 0.236 e. The summed E-state index contributed by atoms with van der Waals surface area (Å²) in [5.74, 6) is 0.735. The summed E-state index contributed by atoms with van der Waals surface area (Å²) in [6.07, 6.45) is 1.75. The van der Waals surface area contributed by atoms with Crippen LogP contribution in [0.4, 0.5) is 5.82 Å². The molecule has 0 saturated heterocycles. The standard InChI is InChI=1S/C11H18N4O/c1-8(12)11(16)14-7-9-4-5-10(13-6-9)15(2)3/h4-6,8H,7,12H2,1-3H3,(H,14,16). The Kier molecular flexibility index (Phi) is 4.25. The lowest BCUT2D eigenvalue weighted by molar-refractivity contribution is -0.122. The molecule has 1 aromatic rings. The first-order chi connectivity index (χ1) is 7.50. The van der Waals surface area contributed by atoms with Gasteiger partial charge in [0.1, 0.15) is 5.82 Å². The quantitative estimate of drug-likeness (QED) is 0.758. The molecule has 16 heavy (non-hydrogen) atoms. The summed E-state index contributed by atoms with van der Waals surface area (Å²) in [5, 5.41) is 2.73. The second-order valence-electron chi connectivity index (χ2n) is 3.93. The molecule has 5 heteroatoms. The third-order valence-electron chi connectivity index (χ3n) is 2.15. The van der Waals surface area contributed by atoms with Crippen molar-refractivity contribution in [3.63, 3.8) is 0 Å². The molecule has 0 radical (unpaired) electrons. The lowest BCUT2D eigenvalue weighted by Crippen LogP contribution is -2.37. The molecule has 1 amide bonds. The van der Waals surface area contributed by atoms with Crippen LogP contribution in [-0.2, 0) is 11.3 Å². The number of nitrogens with two attached hydrogens (primary N) is 1. The minimum absolute atomic E-state index is 0.156. The van der Waals surface area contributed by atoms with E-state index in [0.29, 0.717) is 6.54 Å². The van der Waals surface area contributed by atoms with Gasteiger partial charge in [-0.3, -0.25) is 4.79 Å². The van der Waals surface area contributed by atoms with Gasteiger partial charge in [0.05, 0.1) is 6.04 Å². The Labute approximate surface area is 95.7 Å². The summed E-state index contributed by atoms with van der Waals surface area (Å²) in [5.41, 5.74) is 6.39. The van der Waals surface area contributed by atoms with Gasteiger partial charge >= 0.3 is 0 Å². The van der Waals surface area contributed by atoms with Crippen LogP contribution in [0.5, 0.6) is 0 Å². The first-order valence-corrected chi connectivity index (χ1v) is 5.16. The normalized spacial score (nSPS) is 12.0. The first kappa shape index (κ1) is 12.4. The van der Waals surface area contributed by atoms with E-state index < -0.39 is 6.04 Å². The van der Waals surface area contributed by atoms with Crippen LogP contribution < -0.4 is 16.0 Å². The highest BCUT2D eigenvalue weighted by molar-refractivity contribution is 5.80. The fourth-order valence-electron chi connectivity index (χ4n) is 1.14. The monoisotopic (exact) mass is 222 g/mol. The van der Waals surface area contributed by atoms with Crippen molar-refractivity contribution in [1.82, 2.24) is 10.3 Å². The van der Waals surface area contributed by atoms with Gasteiger partial charge in [0.15, 0.2) is 0 Å². The van der Waals surface area contributed by atoms with E-state index in [1.54, 1.807) is 13.1 Å². The molecule has 0 aliphatic carbocycles. The van der Waals surface area contributed by atoms with E-state index in [2.05, 4.69) is 10.3 Å². The summed E-state index contributed by atoms with van der Waals surface area (Å²) >= 11 is 0. The largest absolute Gasteiger partial charge is 0.363 e. The van der Waals surface area contributed by atoms with E-state index in [4.69, 9.17) is 5.73 Å². The van der Waals surface area contributed by atoms with E-state index >= 15 is 0 Å². The van der Waals surface area contributed by atoms with E-state index in [0.717, 1.165) is 11.4 Å². The van der Waals surface area contributed by atoms with Crippen molar-refractivity contribution < 1.29 is 4.79 Å². The molecule has 88 valence electrons. The van der Waals surface area contributed by atoms with Crippen molar-refractivity contribution in [2.75, 3.05) is 19.0 Å². The third kappa shape index (κ3) is 3.51. The van der Waals surface area contributed by atoms with Gasteiger partial charge in [-0.25, -0.2) is 4.98 Å². The zero-order valence-electron chi connectivity index (χ0n) is 9.90. The fourth-order valence-corrected chi connectivity index (χ4v) is 1.14. The number of hydrogen-bond donors (Lipinski definition) is 2. The highest BCUT2D eigenvalue weighted by atomic mass is 16.2. The molecule has 0 saturated carbocycles. The summed E-state index contributed by atoms with van der Waals surface area (Å²) in [6.45, 7) is 2.11. The minimum Gasteiger partial charge on any atom is -0.363 e. The van der Waals surface area contributed by atoms with Crippen LogP contribution in [0.15, 0.2) is 18.3 Å². The van der Waals surface area contributed by atoms with Crippen molar-refractivity contribution in [3.8, 4) is 0 Å². The maximum atomic E-state index is 11.2. The number of amides is 1. The second kappa shape index (κ2) is 5.46. The maximum absolute atomic E-state index is 11.2. The van der Waals surface area contributed by atoms with Crippen LogP contribution in [0.3, 0.4) is 0 Å². The number of rotatable bonds is 4. The summed E-state index contributed by atoms with van der Waals surface area (Å²) in [4.78, 5) is 17.4. The molecular formula is C11H18N4O. The van der Waals surface area contributed by atoms with Crippen molar-refractivity contribution in [2.45, 2.75) is 19.5 Å². The zero-order valence-corrected chi connectivity index (χ0v) is 9.90. The Hall–Kier alpha value is -1.62. The Morgan fingerprint density at radius 3 is 2.69 bits per heavy atom. The number of anilines is 1. The Morgan fingerprint density at radius 2 is 2.25 bits per heavy atom. The van der Waals surface area contributed by atoms with Crippen LogP contribution in [0.25, 0.3) is 0 Å². The predicted molar refractivity (Wildman–Crippen MR) is 64.1 cm³/mol. The van der Waals surface area contributed by atoms with Crippen molar-refractivity contribution >= 4 is 11.7 Å². The van der Waals surface area contributed by atoms with Gasteiger partial charge in [-0.15, -0.1) is 0 Å². The topological polar surface area (TPSA) is 71.2 Å². The van der Waals surface area contributed by atoms with E-state index in [-0.39, 0.29) is 5.91 Å². The van der Waals surface area contributed by atoms with Crippen LogP contribution in [-0.4, -0.2) is 31.0 Å². The third-order valence-corrected chi connectivity index (χ3v) is 2.15. The Balaban J connectivity index is 2.53.